The number of hydrogen-bond acceptors (Lipinski definition) is 6. The maximum atomic E-state index is 12.5. The number of hydrogen-bond donors (Lipinski definition) is 0. The van der Waals surface area contributed by atoms with Gasteiger partial charge in [-0.25, -0.2) is 9.79 Å². The fourth-order valence-corrected chi connectivity index (χ4v) is 4.06. The number of amidine groups is 1. The van der Waals surface area contributed by atoms with Crippen molar-refractivity contribution in [2.75, 3.05) is 13.7 Å². The van der Waals surface area contributed by atoms with Crippen LogP contribution in [0.25, 0.3) is 6.08 Å². The van der Waals surface area contributed by atoms with Crippen LogP contribution in [0, 0.1) is 0 Å². The maximum absolute atomic E-state index is 12.5. The second-order valence-corrected chi connectivity index (χ2v) is 7.10. The van der Waals surface area contributed by atoms with Gasteiger partial charge < -0.3 is 4.74 Å². The van der Waals surface area contributed by atoms with Crippen molar-refractivity contribution >= 4 is 51.9 Å². The zero-order valence-electron chi connectivity index (χ0n) is 13.8. The molecule has 3 rings (SSSR count). The van der Waals surface area contributed by atoms with Crippen LogP contribution in [0.15, 0.2) is 51.7 Å². The van der Waals surface area contributed by atoms with Crippen molar-refractivity contribution in [3.05, 3.63) is 57.1 Å². The largest absolute Gasteiger partial charge is 0.465 e. The number of esters is 1. The number of carbonyl (C=O) groups excluding carboxylic acids is 2. The average molecular weight is 372 g/mol. The molecule has 1 saturated heterocycles. The molecular weight excluding hydrogens is 356 g/mol. The van der Waals surface area contributed by atoms with Crippen molar-refractivity contribution in [2.45, 2.75) is 6.92 Å². The molecule has 1 amide bonds. The van der Waals surface area contributed by atoms with Crippen LogP contribution in [0.2, 0.25) is 0 Å². The van der Waals surface area contributed by atoms with Gasteiger partial charge in [-0.05, 0) is 60.5 Å². The SMILES string of the molecule is CCN1C(=O)/C(=C\c2cccs2)SC1=Nc1ccc(C(=O)OC)cc1. The number of aliphatic imine (C=N–C) groups is 1. The molecule has 7 heteroatoms. The Morgan fingerprint density at radius 2 is 2.04 bits per heavy atom. The predicted octanol–water partition coefficient (Wildman–Crippen LogP) is 4.16. The van der Waals surface area contributed by atoms with Gasteiger partial charge in [0.2, 0.25) is 0 Å². The van der Waals surface area contributed by atoms with E-state index in [-0.39, 0.29) is 11.9 Å². The van der Waals surface area contributed by atoms with Crippen LogP contribution in [0.5, 0.6) is 0 Å². The Labute approximate surface area is 154 Å². The number of carbonyl (C=O) groups is 2. The van der Waals surface area contributed by atoms with Gasteiger partial charge in [0.25, 0.3) is 5.91 Å². The maximum Gasteiger partial charge on any atom is 0.337 e. The third-order valence-electron chi connectivity index (χ3n) is 3.53. The van der Waals surface area contributed by atoms with Gasteiger partial charge in [-0.15, -0.1) is 11.3 Å². The molecule has 0 saturated carbocycles. The summed E-state index contributed by atoms with van der Waals surface area (Å²) in [6, 6.07) is 10.7. The third kappa shape index (κ3) is 3.83. The summed E-state index contributed by atoms with van der Waals surface area (Å²) in [6.07, 6.45) is 1.89. The molecule has 1 aromatic carbocycles. The van der Waals surface area contributed by atoms with Crippen LogP contribution in [-0.2, 0) is 9.53 Å². The van der Waals surface area contributed by atoms with Crippen molar-refractivity contribution in [3.63, 3.8) is 0 Å². The summed E-state index contributed by atoms with van der Waals surface area (Å²) in [5, 5.41) is 2.62. The number of nitrogens with zero attached hydrogens (tertiary/aromatic N) is 2. The molecule has 1 aromatic heterocycles. The molecule has 25 heavy (non-hydrogen) atoms. The summed E-state index contributed by atoms with van der Waals surface area (Å²) >= 11 is 2.95. The number of rotatable bonds is 4. The molecule has 1 aliphatic rings. The number of benzene rings is 1. The van der Waals surface area contributed by atoms with Crippen molar-refractivity contribution in [3.8, 4) is 0 Å². The molecule has 1 fully saturated rings. The van der Waals surface area contributed by atoms with Gasteiger partial charge in [-0.2, -0.15) is 0 Å². The molecule has 0 atom stereocenters. The van der Waals surface area contributed by atoms with E-state index >= 15 is 0 Å². The van der Waals surface area contributed by atoms with Crippen LogP contribution in [0.1, 0.15) is 22.2 Å². The van der Waals surface area contributed by atoms with Gasteiger partial charge in [-0.3, -0.25) is 9.69 Å². The second-order valence-electron chi connectivity index (χ2n) is 5.11. The minimum absolute atomic E-state index is 0.0363. The van der Waals surface area contributed by atoms with E-state index in [0.717, 1.165) is 4.88 Å². The Balaban J connectivity index is 1.86. The van der Waals surface area contributed by atoms with Crippen molar-refractivity contribution in [1.29, 1.82) is 0 Å². The second kappa shape index (κ2) is 7.67. The lowest BCUT2D eigenvalue weighted by atomic mass is 10.2. The summed E-state index contributed by atoms with van der Waals surface area (Å²) < 4.78 is 4.68. The van der Waals surface area contributed by atoms with E-state index in [1.165, 1.54) is 18.9 Å². The summed E-state index contributed by atoms with van der Waals surface area (Å²) in [7, 11) is 1.35. The summed E-state index contributed by atoms with van der Waals surface area (Å²) in [4.78, 5) is 31.9. The first-order valence-electron chi connectivity index (χ1n) is 7.64. The van der Waals surface area contributed by atoms with Gasteiger partial charge >= 0.3 is 5.97 Å². The van der Waals surface area contributed by atoms with E-state index < -0.39 is 0 Å². The Bertz CT molecular complexity index is 840. The minimum Gasteiger partial charge on any atom is -0.465 e. The smallest absolute Gasteiger partial charge is 0.337 e. The third-order valence-corrected chi connectivity index (χ3v) is 5.36. The number of methoxy groups -OCH3 is 1. The van der Waals surface area contributed by atoms with Crippen LogP contribution in [0.3, 0.4) is 0 Å². The Hall–Kier alpha value is -2.38. The molecule has 128 valence electrons. The minimum atomic E-state index is -0.388. The van der Waals surface area contributed by atoms with Gasteiger partial charge in [0.15, 0.2) is 5.17 Å². The van der Waals surface area contributed by atoms with Gasteiger partial charge in [0.1, 0.15) is 0 Å². The molecular formula is C18H16N2O3S2. The Morgan fingerprint density at radius 1 is 1.28 bits per heavy atom. The summed E-state index contributed by atoms with van der Waals surface area (Å²) in [6.45, 7) is 2.47. The molecule has 5 nitrogen and oxygen atoms in total. The molecule has 0 radical (unpaired) electrons. The quantitative estimate of drug-likeness (QED) is 0.597. The number of ether oxygens (including phenoxy) is 1. The molecule has 0 unspecified atom stereocenters. The number of likely N-dealkylation sites (N-methyl/N-ethyl adjacent to an activating group) is 1. The lowest BCUT2D eigenvalue weighted by Crippen LogP contribution is -2.28. The number of thioether (sulfide) groups is 1. The van der Waals surface area contributed by atoms with Crippen LogP contribution in [-0.4, -0.2) is 35.6 Å². The Morgan fingerprint density at radius 3 is 2.64 bits per heavy atom. The topological polar surface area (TPSA) is 59.0 Å². The Kier molecular flexibility index (Phi) is 5.35. The van der Waals surface area contributed by atoms with Crippen LogP contribution >= 0.6 is 23.1 Å². The molecule has 0 N–H and O–H groups in total. The summed E-state index contributed by atoms with van der Waals surface area (Å²) in [5.41, 5.74) is 1.14. The normalized spacial score (nSPS) is 17.5. The van der Waals surface area contributed by atoms with Crippen molar-refractivity contribution in [2.24, 2.45) is 4.99 Å². The monoisotopic (exact) mass is 372 g/mol. The first-order valence-corrected chi connectivity index (χ1v) is 9.34. The lowest BCUT2D eigenvalue weighted by molar-refractivity contribution is -0.122. The van der Waals surface area contributed by atoms with Gasteiger partial charge in [0.05, 0.1) is 23.3 Å². The predicted molar refractivity (Wildman–Crippen MR) is 102 cm³/mol. The van der Waals surface area contributed by atoms with E-state index in [9.17, 15) is 9.59 Å². The molecule has 2 heterocycles. The molecule has 2 aromatic rings. The fourth-order valence-electron chi connectivity index (χ4n) is 2.27. The zero-order valence-corrected chi connectivity index (χ0v) is 15.4. The van der Waals surface area contributed by atoms with Gasteiger partial charge in [0, 0.05) is 11.4 Å². The average Bonchev–Trinajstić information content (AvgIpc) is 3.24. The van der Waals surface area contributed by atoms with Crippen molar-refractivity contribution < 1.29 is 14.3 Å². The zero-order chi connectivity index (χ0) is 17.8. The van der Waals surface area contributed by atoms with E-state index in [1.807, 2.05) is 30.5 Å². The van der Waals surface area contributed by atoms with Crippen LogP contribution < -0.4 is 0 Å². The summed E-state index contributed by atoms with van der Waals surface area (Å²) in [5.74, 6) is -0.424. The van der Waals surface area contributed by atoms with E-state index in [2.05, 4.69) is 9.73 Å². The highest BCUT2D eigenvalue weighted by Gasteiger charge is 2.32. The van der Waals surface area contributed by atoms with Gasteiger partial charge in [-0.1, -0.05) is 6.07 Å². The first-order chi connectivity index (χ1) is 12.1. The number of thiophene rings is 1. The highest BCUT2D eigenvalue weighted by atomic mass is 32.2. The highest BCUT2D eigenvalue weighted by molar-refractivity contribution is 8.18. The molecule has 1 aliphatic heterocycles. The van der Waals surface area contributed by atoms with Crippen molar-refractivity contribution in [1.82, 2.24) is 4.90 Å². The number of amides is 1. The van der Waals surface area contributed by atoms with E-state index in [0.29, 0.717) is 27.9 Å². The first kappa shape index (κ1) is 17.4. The fraction of sp³-hybridized carbons (Fsp3) is 0.167. The molecule has 0 spiro atoms. The molecule has 0 bridgehead atoms. The van der Waals surface area contributed by atoms with E-state index in [4.69, 9.17) is 0 Å². The lowest BCUT2D eigenvalue weighted by Gasteiger charge is -2.12. The van der Waals surface area contributed by atoms with E-state index in [1.54, 1.807) is 40.5 Å². The molecule has 0 aliphatic carbocycles. The van der Waals surface area contributed by atoms with Crippen LogP contribution in [0.4, 0.5) is 5.69 Å². The highest BCUT2D eigenvalue weighted by Crippen LogP contribution is 2.34. The standard InChI is InChI=1S/C18H16N2O3S2/c1-3-20-16(21)15(11-14-5-4-10-24-14)25-18(20)19-13-8-6-12(7-9-13)17(22)23-2/h4-11H,3H2,1-2H3/b15-11+,19-18?.